The van der Waals surface area contributed by atoms with Gasteiger partial charge in [-0.3, -0.25) is 4.90 Å². The number of rotatable bonds is 4. The highest BCUT2D eigenvalue weighted by molar-refractivity contribution is 7.91. The quantitative estimate of drug-likeness (QED) is 0.918. The molecule has 0 amide bonds. The van der Waals surface area contributed by atoms with Crippen molar-refractivity contribution in [2.24, 2.45) is 5.14 Å². The van der Waals surface area contributed by atoms with E-state index < -0.39 is 10.0 Å². The molecule has 6 nitrogen and oxygen atoms in total. The third-order valence-corrected chi connectivity index (χ3v) is 6.17. The van der Waals surface area contributed by atoms with Gasteiger partial charge in [-0.25, -0.2) is 18.2 Å². The maximum atomic E-state index is 11.4. The van der Waals surface area contributed by atoms with E-state index in [2.05, 4.69) is 16.6 Å². The Morgan fingerprint density at radius 1 is 1.52 bits per heavy atom. The second-order valence-electron chi connectivity index (χ2n) is 4.97. The molecule has 1 aliphatic rings. The topological polar surface area (TPSA) is 81.2 Å². The molecule has 3 rings (SSSR count). The SMILES string of the molecule is C=Cn1nccc1CN1CCc2sc(S(N)(=O)=O)cc2C1. The summed E-state index contributed by atoms with van der Waals surface area (Å²) in [5, 5.41) is 9.36. The summed E-state index contributed by atoms with van der Waals surface area (Å²) in [5.74, 6) is 0. The van der Waals surface area contributed by atoms with E-state index >= 15 is 0 Å². The molecule has 0 radical (unpaired) electrons. The molecule has 1 aliphatic heterocycles. The van der Waals surface area contributed by atoms with Gasteiger partial charge in [0.2, 0.25) is 10.0 Å². The fraction of sp³-hybridized carbons (Fsp3) is 0.308. The third-order valence-electron chi connectivity index (χ3n) is 3.51. The number of nitrogens with zero attached hydrogens (tertiary/aromatic N) is 3. The Hall–Kier alpha value is -1.48. The molecule has 2 aromatic heterocycles. The highest BCUT2D eigenvalue weighted by Crippen LogP contribution is 2.30. The zero-order valence-corrected chi connectivity index (χ0v) is 13.0. The lowest BCUT2D eigenvalue weighted by Gasteiger charge is -2.26. The van der Waals surface area contributed by atoms with Crippen molar-refractivity contribution in [3.8, 4) is 0 Å². The standard InChI is InChI=1S/C13H16N4O2S2/c1-2-17-11(3-5-15-17)9-16-6-4-12-10(8-16)7-13(20-12)21(14,18)19/h2-3,5,7H,1,4,6,8-9H2,(H2,14,18,19). The number of thiophene rings is 1. The van der Waals surface area contributed by atoms with E-state index in [0.29, 0.717) is 0 Å². The van der Waals surface area contributed by atoms with E-state index in [1.807, 2.05) is 6.07 Å². The lowest BCUT2D eigenvalue weighted by Crippen LogP contribution is -2.29. The van der Waals surface area contributed by atoms with Gasteiger partial charge < -0.3 is 0 Å². The van der Waals surface area contributed by atoms with Crippen LogP contribution in [0.2, 0.25) is 0 Å². The molecule has 0 fully saturated rings. The fourth-order valence-corrected chi connectivity index (χ4v) is 4.46. The van der Waals surface area contributed by atoms with Crippen molar-refractivity contribution >= 4 is 27.6 Å². The summed E-state index contributed by atoms with van der Waals surface area (Å²) in [6.07, 6.45) is 4.27. The van der Waals surface area contributed by atoms with Gasteiger partial charge >= 0.3 is 0 Å². The van der Waals surface area contributed by atoms with Crippen LogP contribution in [0.1, 0.15) is 16.1 Å². The Morgan fingerprint density at radius 3 is 3.05 bits per heavy atom. The van der Waals surface area contributed by atoms with Crippen molar-refractivity contribution < 1.29 is 8.42 Å². The molecule has 0 spiro atoms. The zero-order valence-electron chi connectivity index (χ0n) is 11.4. The minimum absolute atomic E-state index is 0.255. The Kier molecular flexibility index (Phi) is 3.70. The smallest absolute Gasteiger partial charge is 0.247 e. The molecule has 0 aliphatic carbocycles. The predicted molar refractivity (Wildman–Crippen MR) is 82.1 cm³/mol. The van der Waals surface area contributed by atoms with E-state index in [4.69, 9.17) is 5.14 Å². The van der Waals surface area contributed by atoms with Crippen LogP contribution in [0.5, 0.6) is 0 Å². The molecule has 0 bridgehead atoms. The molecule has 21 heavy (non-hydrogen) atoms. The van der Waals surface area contributed by atoms with Gasteiger partial charge in [-0.1, -0.05) is 6.58 Å². The lowest BCUT2D eigenvalue weighted by atomic mass is 10.1. The molecule has 2 aromatic rings. The molecule has 112 valence electrons. The van der Waals surface area contributed by atoms with Crippen LogP contribution in [0, 0.1) is 0 Å². The molecule has 8 heteroatoms. The van der Waals surface area contributed by atoms with E-state index in [1.165, 1.54) is 11.3 Å². The van der Waals surface area contributed by atoms with Crippen LogP contribution < -0.4 is 5.14 Å². The molecule has 2 N–H and O–H groups in total. The van der Waals surface area contributed by atoms with Crippen molar-refractivity contribution in [3.05, 3.63) is 41.0 Å². The number of hydrogen-bond donors (Lipinski definition) is 1. The molecular weight excluding hydrogens is 308 g/mol. The number of aromatic nitrogens is 2. The summed E-state index contributed by atoms with van der Waals surface area (Å²) in [6, 6.07) is 3.66. The number of primary sulfonamides is 1. The largest absolute Gasteiger partial charge is 0.293 e. The van der Waals surface area contributed by atoms with Crippen LogP contribution in [-0.2, 0) is 29.5 Å². The molecule has 0 saturated heterocycles. The Bertz CT molecular complexity index is 776. The average Bonchev–Trinajstić information content (AvgIpc) is 3.03. The first kappa shape index (κ1) is 14.5. The predicted octanol–water partition coefficient (Wildman–Crippen LogP) is 1.25. The fourth-order valence-electron chi connectivity index (χ4n) is 2.50. The second-order valence-corrected chi connectivity index (χ2v) is 7.89. The van der Waals surface area contributed by atoms with E-state index in [0.717, 1.165) is 42.2 Å². The van der Waals surface area contributed by atoms with E-state index in [9.17, 15) is 8.42 Å². The van der Waals surface area contributed by atoms with Gasteiger partial charge in [0.15, 0.2) is 0 Å². The first-order valence-corrected chi connectivity index (χ1v) is 8.85. The molecule has 0 atom stereocenters. The summed E-state index contributed by atoms with van der Waals surface area (Å²) >= 11 is 1.29. The third kappa shape index (κ3) is 2.93. The van der Waals surface area contributed by atoms with E-state index in [1.54, 1.807) is 23.1 Å². The Balaban J connectivity index is 1.78. The monoisotopic (exact) mass is 324 g/mol. The van der Waals surface area contributed by atoms with Gasteiger partial charge in [-0.15, -0.1) is 11.3 Å². The van der Waals surface area contributed by atoms with Crippen LogP contribution in [0.25, 0.3) is 6.20 Å². The first-order valence-electron chi connectivity index (χ1n) is 6.49. The lowest BCUT2D eigenvalue weighted by molar-refractivity contribution is 0.243. The van der Waals surface area contributed by atoms with Crippen molar-refractivity contribution in [1.29, 1.82) is 0 Å². The minimum Gasteiger partial charge on any atom is -0.293 e. The minimum atomic E-state index is -3.60. The number of sulfonamides is 1. The maximum Gasteiger partial charge on any atom is 0.247 e. The van der Waals surface area contributed by atoms with E-state index in [-0.39, 0.29) is 4.21 Å². The zero-order chi connectivity index (χ0) is 15.0. The number of fused-ring (bicyclic) bond motifs is 1. The van der Waals surface area contributed by atoms with Gasteiger partial charge in [0.05, 0.1) is 5.69 Å². The number of hydrogen-bond acceptors (Lipinski definition) is 5. The van der Waals surface area contributed by atoms with Gasteiger partial charge in [-0.05, 0) is 24.1 Å². The number of nitrogens with two attached hydrogens (primary N) is 1. The van der Waals surface area contributed by atoms with Gasteiger partial charge in [0.25, 0.3) is 0 Å². The Labute approximate surface area is 127 Å². The van der Waals surface area contributed by atoms with Crippen molar-refractivity contribution in [1.82, 2.24) is 14.7 Å². The van der Waals surface area contributed by atoms with Gasteiger partial charge in [0, 0.05) is 36.9 Å². The molecule has 0 saturated carbocycles. The second kappa shape index (κ2) is 5.38. The van der Waals surface area contributed by atoms with Crippen LogP contribution >= 0.6 is 11.3 Å². The molecule has 0 unspecified atom stereocenters. The molecule has 3 heterocycles. The van der Waals surface area contributed by atoms with Crippen LogP contribution in [0.15, 0.2) is 29.1 Å². The average molecular weight is 324 g/mol. The summed E-state index contributed by atoms with van der Waals surface area (Å²) in [7, 11) is -3.60. The summed E-state index contributed by atoms with van der Waals surface area (Å²) in [5.41, 5.74) is 2.12. The molecule has 0 aromatic carbocycles. The first-order chi connectivity index (χ1) is 9.97. The maximum absolute atomic E-state index is 11.4. The van der Waals surface area contributed by atoms with Gasteiger partial charge in [0.1, 0.15) is 4.21 Å². The van der Waals surface area contributed by atoms with Crippen molar-refractivity contribution in [2.45, 2.75) is 23.7 Å². The summed E-state index contributed by atoms with van der Waals surface area (Å²) in [4.78, 5) is 3.38. The summed E-state index contributed by atoms with van der Waals surface area (Å²) < 4.78 is 24.9. The molecular formula is C13H16N4O2S2. The van der Waals surface area contributed by atoms with Gasteiger partial charge in [-0.2, -0.15) is 5.10 Å². The van der Waals surface area contributed by atoms with Crippen molar-refractivity contribution in [3.63, 3.8) is 0 Å². The normalized spacial score (nSPS) is 15.9. The van der Waals surface area contributed by atoms with Crippen molar-refractivity contribution in [2.75, 3.05) is 6.54 Å². The highest BCUT2D eigenvalue weighted by Gasteiger charge is 2.23. The van der Waals surface area contributed by atoms with Crippen LogP contribution in [0.3, 0.4) is 0 Å². The van der Waals surface area contributed by atoms with Crippen LogP contribution in [-0.4, -0.2) is 29.6 Å². The highest BCUT2D eigenvalue weighted by atomic mass is 32.2. The Morgan fingerprint density at radius 2 is 2.33 bits per heavy atom. The summed E-state index contributed by atoms with van der Waals surface area (Å²) in [6.45, 7) is 6.10. The van der Waals surface area contributed by atoms with Crippen LogP contribution in [0.4, 0.5) is 0 Å².